The molecule has 0 aliphatic rings. The van der Waals surface area contributed by atoms with E-state index >= 15 is 0 Å². The lowest BCUT2D eigenvalue weighted by Crippen LogP contribution is -1.93. The fourth-order valence-corrected chi connectivity index (χ4v) is 3.37. The number of nitrogens with zero attached hydrogens (tertiary/aromatic N) is 3. The van der Waals surface area contributed by atoms with Crippen molar-refractivity contribution in [3.8, 4) is 28.8 Å². The van der Waals surface area contributed by atoms with Crippen molar-refractivity contribution >= 4 is 40.3 Å². The Kier molecular flexibility index (Phi) is 5.59. The van der Waals surface area contributed by atoms with Crippen LogP contribution in [0.25, 0.3) is 22.9 Å². The van der Waals surface area contributed by atoms with E-state index in [-0.39, 0.29) is 11.3 Å². The third kappa shape index (κ3) is 3.96. The van der Waals surface area contributed by atoms with Gasteiger partial charge in [0.25, 0.3) is 0 Å². The van der Waals surface area contributed by atoms with Gasteiger partial charge in [0, 0.05) is 22.0 Å². The van der Waals surface area contributed by atoms with E-state index in [1.54, 1.807) is 12.1 Å². The molecule has 0 saturated carbocycles. The summed E-state index contributed by atoms with van der Waals surface area (Å²) >= 11 is 7.17. The fourth-order valence-electron chi connectivity index (χ4n) is 2.45. The number of aromatic nitrogens is 1. The highest BCUT2D eigenvalue weighted by molar-refractivity contribution is 7.11. The number of thiazole rings is 1. The van der Waals surface area contributed by atoms with Crippen molar-refractivity contribution in [2.45, 2.75) is 0 Å². The first-order chi connectivity index (χ1) is 13.4. The van der Waals surface area contributed by atoms with Gasteiger partial charge >= 0.3 is 5.69 Å². The molecule has 140 valence electrons. The fraction of sp³-hybridized carbons (Fsp3) is 0.0526. The number of rotatable bonds is 5. The van der Waals surface area contributed by atoms with E-state index in [2.05, 4.69) is 11.1 Å². The maximum atomic E-state index is 11.1. The lowest BCUT2D eigenvalue weighted by atomic mass is 10.1. The van der Waals surface area contributed by atoms with Crippen LogP contribution in [0, 0.1) is 21.4 Å². The Hall–Kier alpha value is -3.41. The minimum absolute atomic E-state index is 0.0567. The molecule has 0 atom stereocenters. The zero-order valence-corrected chi connectivity index (χ0v) is 16.0. The summed E-state index contributed by atoms with van der Waals surface area (Å²) in [5, 5.41) is 33.4. The van der Waals surface area contributed by atoms with E-state index in [0.717, 1.165) is 5.56 Å². The van der Waals surface area contributed by atoms with Crippen LogP contribution in [0.5, 0.6) is 11.5 Å². The summed E-state index contributed by atoms with van der Waals surface area (Å²) in [5.74, 6) is -0.624. The molecule has 3 rings (SSSR count). The third-order valence-corrected chi connectivity index (χ3v) is 4.93. The quantitative estimate of drug-likeness (QED) is 0.352. The molecule has 3 aromatic rings. The molecule has 28 heavy (non-hydrogen) atoms. The van der Waals surface area contributed by atoms with Crippen LogP contribution in [-0.2, 0) is 0 Å². The highest BCUT2D eigenvalue weighted by Gasteiger charge is 2.20. The topological polar surface area (TPSA) is 109 Å². The molecule has 2 aromatic carbocycles. The summed E-state index contributed by atoms with van der Waals surface area (Å²) in [6, 6.07) is 11.8. The predicted octanol–water partition coefficient (Wildman–Crippen LogP) is 5.15. The van der Waals surface area contributed by atoms with E-state index in [0.29, 0.717) is 21.3 Å². The molecule has 9 heteroatoms. The predicted molar refractivity (Wildman–Crippen MR) is 107 cm³/mol. The lowest BCUT2D eigenvalue weighted by molar-refractivity contribution is -0.386. The van der Waals surface area contributed by atoms with Gasteiger partial charge in [0.2, 0.25) is 5.75 Å². The van der Waals surface area contributed by atoms with Crippen molar-refractivity contribution in [2.24, 2.45) is 0 Å². The molecule has 1 N–H and O–H groups in total. The number of phenols is 1. The molecular formula is C19H12ClN3O4S. The average molecular weight is 414 g/mol. The molecule has 0 saturated heterocycles. The summed E-state index contributed by atoms with van der Waals surface area (Å²) < 4.78 is 4.98. The summed E-state index contributed by atoms with van der Waals surface area (Å²) in [7, 11) is 1.29. The maximum Gasteiger partial charge on any atom is 0.315 e. The van der Waals surface area contributed by atoms with Gasteiger partial charge in [-0.25, -0.2) is 4.98 Å². The number of halogens is 1. The second-order valence-corrected chi connectivity index (χ2v) is 6.86. The van der Waals surface area contributed by atoms with Crippen molar-refractivity contribution < 1.29 is 14.8 Å². The molecule has 0 aliphatic carbocycles. The lowest BCUT2D eigenvalue weighted by Gasteiger charge is -2.05. The summed E-state index contributed by atoms with van der Waals surface area (Å²) in [4.78, 5) is 14.9. The second kappa shape index (κ2) is 8.08. The Bertz CT molecular complexity index is 1120. The molecule has 0 amide bonds. The number of benzene rings is 2. The van der Waals surface area contributed by atoms with Crippen LogP contribution in [0.1, 0.15) is 10.6 Å². The molecule has 1 heterocycles. The molecule has 7 nitrogen and oxygen atoms in total. The Labute approximate surface area is 168 Å². The van der Waals surface area contributed by atoms with Crippen LogP contribution < -0.4 is 4.74 Å². The van der Waals surface area contributed by atoms with Gasteiger partial charge < -0.3 is 9.84 Å². The number of methoxy groups -OCH3 is 1. The zero-order valence-electron chi connectivity index (χ0n) is 14.4. The van der Waals surface area contributed by atoms with E-state index in [1.807, 2.05) is 17.5 Å². The SMILES string of the molecule is COc1cc(/C=C(\C#N)c2nc(-c3ccc(Cl)cc3)cs2)cc([N+](=O)[O-])c1O. The number of ether oxygens (including phenoxy) is 1. The standard InChI is InChI=1S/C19H12ClN3O4S/c1-27-17-8-11(7-16(18(17)24)23(25)26)6-13(9-21)19-22-15(10-28-19)12-2-4-14(20)5-3-12/h2-8,10,24H,1H3/b13-6+. The number of hydrogen-bond donors (Lipinski definition) is 1. The molecule has 0 unspecified atom stereocenters. The average Bonchev–Trinajstić information content (AvgIpc) is 3.17. The van der Waals surface area contributed by atoms with Crippen LogP contribution in [0.3, 0.4) is 0 Å². The molecule has 1 aromatic heterocycles. The monoisotopic (exact) mass is 413 g/mol. The number of nitro benzene ring substituents is 1. The van der Waals surface area contributed by atoms with Crippen LogP contribution in [0.4, 0.5) is 5.69 Å². The molecule has 0 spiro atoms. The van der Waals surface area contributed by atoms with E-state index in [4.69, 9.17) is 16.3 Å². The van der Waals surface area contributed by atoms with E-state index in [9.17, 15) is 20.5 Å². The van der Waals surface area contributed by atoms with Crippen molar-refractivity contribution in [2.75, 3.05) is 7.11 Å². The molecular weight excluding hydrogens is 402 g/mol. The van der Waals surface area contributed by atoms with E-state index in [1.165, 1.54) is 36.7 Å². The zero-order chi connectivity index (χ0) is 20.3. The van der Waals surface area contributed by atoms with Crippen LogP contribution in [0.15, 0.2) is 41.8 Å². The first kappa shape index (κ1) is 19.4. The Morgan fingerprint density at radius 3 is 2.71 bits per heavy atom. The van der Waals surface area contributed by atoms with Gasteiger partial charge in [0.1, 0.15) is 11.1 Å². The van der Waals surface area contributed by atoms with Gasteiger partial charge in [-0.1, -0.05) is 23.7 Å². The number of phenolic OH excluding ortho intramolecular Hbond substituents is 1. The number of hydrogen-bond acceptors (Lipinski definition) is 7. The largest absolute Gasteiger partial charge is 0.500 e. The third-order valence-electron chi connectivity index (χ3n) is 3.80. The van der Waals surface area contributed by atoms with Gasteiger partial charge in [0.15, 0.2) is 5.75 Å². The van der Waals surface area contributed by atoms with Crippen LogP contribution in [0.2, 0.25) is 5.02 Å². The minimum atomic E-state index is -0.719. The number of aromatic hydroxyl groups is 1. The summed E-state index contributed by atoms with van der Waals surface area (Å²) in [5.41, 5.74) is 1.59. The Morgan fingerprint density at radius 1 is 1.39 bits per heavy atom. The maximum absolute atomic E-state index is 11.1. The number of nitriles is 1. The highest BCUT2D eigenvalue weighted by Crippen LogP contribution is 2.38. The van der Waals surface area contributed by atoms with Gasteiger partial charge in [-0.05, 0) is 29.8 Å². The van der Waals surface area contributed by atoms with Crippen LogP contribution in [-0.4, -0.2) is 22.1 Å². The molecule has 0 fully saturated rings. The second-order valence-electron chi connectivity index (χ2n) is 5.56. The van der Waals surface area contributed by atoms with Crippen molar-refractivity contribution in [3.63, 3.8) is 0 Å². The highest BCUT2D eigenvalue weighted by atomic mass is 35.5. The smallest absolute Gasteiger partial charge is 0.315 e. The number of nitro groups is 1. The van der Waals surface area contributed by atoms with Gasteiger partial charge in [0.05, 0.1) is 23.3 Å². The van der Waals surface area contributed by atoms with Crippen molar-refractivity contribution in [1.29, 1.82) is 5.26 Å². The Morgan fingerprint density at radius 2 is 2.11 bits per heavy atom. The molecule has 0 radical (unpaired) electrons. The van der Waals surface area contributed by atoms with Gasteiger partial charge in [-0.2, -0.15) is 5.26 Å². The normalized spacial score (nSPS) is 11.1. The van der Waals surface area contributed by atoms with Gasteiger partial charge in [-0.15, -0.1) is 11.3 Å². The molecule has 0 bridgehead atoms. The van der Waals surface area contributed by atoms with Crippen molar-refractivity contribution in [1.82, 2.24) is 4.98 Å². The first-order valence-corrected chi connectivity index (χ1v) is 9.07. The molecule has 0 aliphatic heterocycles. The summed E-state index contributed by atoms with van der Waals surface area (Å²) in [6.45, 7) is 0. The Balaban J connectivity index is 2.02. The number of allylic oxidation sites excluding steroid dienone is 1. The van der Waals surface area contributed by atoms with Gasteiger partial charge in [-0.3, -0.25) is 10.1 Å². The van der Waals surface area contributed by atoms with E-state index < -0.39 is 16.4 Å². The van der Waals surface area contributed by atoms with Crippen LogP contribution >= 0.6 is 22.9 Å². The summed E-state index contributed by atoms with van der Waals surface area (Å²) in [6.07, 6.45) is 1.46. The first-order valence-electron chi connectivity index (χ1n) is 7.82. The minimum Gasteiger partial charge on any atom is -0.500 e. The van der Waals surface area contributed by atoms with Crippen molar-refractivity contribution in [3.05, 3.63) is 67.5 Å².